The van der Waals surface area contributed by atoms with Crippen molar-refractivity contribution in [2.45, 2.75) is 12.7 Å². The lowest BCUT2D eigenvalue weighted by atomic mass is 10.1. The van der Waals surface area contributed by atoms with Gasteiger partial charge in [-0.1, -0.05) is 57.9 Å². The van der Waals surface area contributed by atoms with E-state index in [1.54, 1.807) is 0 Å². The van der Waals surface area contributed by atoms with Gasteiger partial charge in [-0.25, -0.2) is 0 Å². The standard InChI is InChI=1S/C15H15BrClNO/c16-13-7-5-11(6-8-13)15(9-18)19-10-12-3-1-2-4-14(12)17/h1-8,15H,9-10,18H2. The third-order valence-corrected chi connectivity index (χ3v) is 3.75. The fourth-order valence-corrected chi connectivity index (χ4v) is 2.24. The highest BCUT2D eigenvalue weighted by Crippen LogP contribution is 2.22. The molecule has 0 amide bonds. The van der Waals surface area contributed by atoms with Crippen LogP contribution in [0.25, 0.3) is 0 Å². The summed E-state index contributed by atoms with van der Waals surface area (Å²) in [7, 11) is 0. The average molecular weight is 341 g/mol. The van der Waals surface area contributed by atoms with Gasteiger partial charge < -0.3 is 10.5 Å². The first kappa shape index (κ1) is 14.5. The van der Waals surface area contributed by atoms with Crippen molar-refractivity contribution in [1.29, 1.82) is 0 Å². The molecule has 0 aliphatic heterocycles. The molecule has 100 valence electrons. The maximum atomic E-state index is 6.10. The van der Waals surface area contributed by atoms with Crippen LogP contribution in [0.3, 0.4) is 0 Å². The first-order chi connectivity index (χ1) is 9.20. The average Bonchev–Trinajstić information content (AvgIpc) is 2.43. The summed E-state index contributed by atoms with van der Waals surface area (Å²) in [5, 5.41) is 0.717. The van der Waals surface area contributed by atoms with Gasteiger partial charge in [0.25, 0.3) is 0 Å². The molecule has 0 bridgehead atoms. The second-order valence-electron chi connectivity index (χ2n) is 4.18. The molecule has 2 aromatic rings. The molecule has 0 aliphatic rings. The topological polar surface area (TPSA) is 35.2 Å². The van der Waals surface area contributed by atoms with E-state index in [9.17, 15) is 0 Å². The van der Waals surface area contributed by atoms with Gasteiger partial charge in [0.2, 0.25) is 0 Å². The zero-order chi connectivity index (χ0) is 13.7. The fraction of sp³-hybridized carbons (Fsp3) is 0.200. The van der Waals surface area contributed by atoms with Crippen molar-refractivity contribution in [3.8, 4) is 0 Å². The Hall–Kier alpha value is -0.870. The summed E-state index contributed by atoms with van der Waals surface area (Å²) < 4.78 is 6.90. The molecule has 0 heterocycles. The quantitative estimate of drug-likeness (QED) is 0.880. The van der Waals surface area contributed by atoms with Gasteiger partial charge in [-0.3, -0.25) is 0 Å². The Morgan fingerprint density at radius 1 is 1.11 bits per heavy atom. The Morgan fingerprint density at radius 2 is 1.79 bits per heavy atom. The van der Waals surface area contributed by atoms with Gasteiger partial charge in [0.1, 0.15) is 0 Å². The van der Waals surface area contributed by atoms with E-state index in [0.717, 1.165) is 15.6 Å². The van der Waals surface area contributed by atoms with Gasteiger partial charge in [-0.05, 0) is 29.3 Å². The summed E-state index contributed by atoms with van der Waals surface area (Å²) in [6.07, 6.45) is -0.121. The Morgan fingerprint density at radius 3 is 2.42 bits per heavy atom. The highest BCUT2D eigenvalue weighted by molar-refractivity contribution is 9.10. The molecule has 2 aromatic carbocycles. The number of hydrogen-bond acceptors (Lipinski definition) is 2. The van der Waals surface area contributed by atoms with Crippen LogP contribution in [0, 0.1) is 0 Å². The fourth-order valence-electron chi connectivity index (χ4n) is 1.78. The highest BCUT2D eigenvalue weighted by Gasteiger charge is 2.11. The Labute approximate surface area is 126 Å². The van der Waals surface area contributed by atoms with Gasteiger partial charge >= 0.3 is 0 Å². The van der Waals surface area contributed by atoms with Crippen molar-refractivity contribution in [3.63, 3.8) is 0 Å². The molecule has 0 aromatic heterocycles. The Bertz CT molecular complexity index is 530. The van der Waals surface area contributed by atoms with E-state index >= 15 is 0 Å². The van der Waals surface area contributed by atoms with Gasteiger partial charge in [-0.2, -0.15) is 0 Å². The van der Waals surface area contributed by atoms with Crippen molar-refractivity contribution in [2.75, 3.05) is 6.54 Å². The SMILES string of the molecule is NCC(OCc1ccccc1Cl)c1ccc(Br)cc1. The zero-order valence-electron chi connectivity index (χ0n) is 10.4. The number of benzene rings is 2. The highest BCUT2D eigenvalue weighted by atomic mass is 79.9. The van der Waals surface area contributed by atoms with Crippen molar-refractivity contribution >= 4 is 27.5 Å². The largest absolute Gasteiger partial charge is 0.367 e. The van der Waals surface area contributed by atoms with E-state index in [-0.39, 0.29) is 6.10 Å². The number of halogens is 2. The first-order valence-corrected chi connectivity index (χ1v) is 7.18. The minimum Gasteiger partial charge on any atom is -0.367 e. The van der Waals surface area contributed by atoms with E-state index in [1.807, 2.05) is 48.5 Å². The summed E-state index contributed by atoms with van der Waals surface area (Å²) in [5.74, 6) is 0. The summed E-state index contributed by atoms with van der Waals surface area (Å²) in [5.41, 5.74) is 7.81. The van der Waals surface area contributed by atoms with Crippen LogP contribution >= 0.6 is 27.5 Å². The van der Waals surface area contributed by atoms with Gasteiger partial charge in [-0.15, -0.1) is 0 Å². The minimum absolute atomic E-state index is 0.121. The molecule has 19 heavy (non-hydrogen) atoms. The lowest BCUT2D eigenvalue weighted by molar-refractivity contribution is 0.0457. The maximum absolute atomic E-state index is 6.10. The third kappa shape index (κ3) is 4.05. The number of nitrogens with two attached hydrogens (primary N) is 1. The van der Waals surface area contributed by atoms with E-state index in [0.29, 0.717) is 18.2 Å². The predicted molar refractivity (Wildman–Crippen MR) is 82.2 cm³/mol. The molecule has 0 radical (unpaired) electrons. The van der Waals surface area contributed by atoms with Crippen molar-refractivity contribution in [1.82, 2.24) is 0 Å². The lowest BCUT2D eigenvalue weighted by Crippen LogP contribution is -2.15. The van der Waals surface area contributed by atoms with Gasteiger partial charge in [0.05, 0.1) is 12.7 Å². The van der Waals surface area contributed by atoms with Crippen molar-refractivity contribution in [3.05, 3.63) is 69.2 Å². The molecule has 0 fully saturated rings. The second-order valence-corrected chi connectivity index (χ2v) is 5.50. The molecule has 0 aliphatic carbocycles. The van der Waals surface area contributed by atoms with Crippen LogP contribution in [0.2, 0.25) is 5.02 Å². The summed E-state index contributed by atoms with van der Waals surface area (Å²) in [6.45, 7) is 0.893. The van der Waals surface area contributed by atoms with Crippen LogP contribution in [0.4, 0.5) is 0 Å². The van der Waals surface area contributed by atoms with E-state index < -0.39 is 0 Å². The number of rotatable bonds is 5. The number of hydrogen-bond donors (Lipinski definition) is 1. The maximum Gasteiger partial charge on any atom is 0.0951 e. The molecule has 2 rings (SSSR count). The van der Waals surface area contributed by atoms with Crippen LogP contribution < -0.4 is 5.73 Å². The minimum atomic E-state index is -0.121. The molecule has 2 nitrogen and oxygen atoms in total. The summed E-state index contributed by atoms with van der Waals surface area (Å²) >= 11 is 9.51. The molecule has 1 unspecified atom stereocenters. The summed E-state index contributed by atoms with van der Waals surface area (Å²) in [6, 6.07) is 15.6. The Kier molecular flexibility index (Phi) is 5.40. The molecule has 1 atom stereocenters. The van der Waals surface area contributed by atoms with E-state index in [4.69, 9.17) is 22.1 Å². The van der Waals surface area contributed by atoms with Crippen LogP contribution in [0.1, 0.15) is 17.2 Å². The van der Waals surface area contributed by atoms with Crippen LogP contribution in [-0.4, -0.2) is 6.54 Å². The van der Waals surface area contributed by atoms with Gasteiger partial charge in [0.15, 0.2) is 0 Å². The lowest BCUT2D eigenvalue weighted by Gasteiger charge is -2.17. The predicted octanol–water partition coefficient (Wildman–Crippen LogP) is 4.32. The van der Waals surface area contributed by atoms with Crippen molar-refractivity contribution in [2.24, 2.45) is 5.73 Å². The molecule has 0 saturated heterocycles. The van der Waals surface area contributed by atoms with Crippen LogP contribution in [-0.2, 0) is 11.3 Å². The smallest absolute Gasteiger partial charge is 0.0951 e. The number of ether oxygens (including phenoxy) is 1. The molecular weight excluding hydrogens is 326 g/mol. The molecule has 4 heteroatoms. The first-order valence-electron chi connectivity index (χ1n) is 6.01. The monoisotopic (exact) mass is 339 g/mol. The molecule has 0 saturated carbocycles. The Balaban J connectivity index is 2.04. The van der Waals surface area contributed by atoms with Gasteiger partial charge in [0, 0.05) is 16.0 Å². The molecule has 0 spiro atoms. The van der Waals surface area contributed by atoms with E-state index in [2.05, 4.69) is 15.9 Å². The molecule has 2 N–H and O–H groups in total. The summed E-state index contributed by atoms with van der Waals surface area (Å²) in [4.78, 5) is 0. The normalized spacial score (nSPS) is 12.4. The second kappa shape index (κ2) is 7.06. The van der Waals surface area contributed by atoms with Crippen molar-refractivity contribution < 1.29 is 4.74 Å². The zero-order valence-corrected chi connectivity index (χ0v) is 12.7. The van der Waals surface area contributed by atoms with Crippen LogP contribution in [0.15, 0.2) is 53.0 Å². The molecular formula is C15H15BrClNO. The third-order valence-electron chi connectivity index (χ3n) is 2.85. The van der Waals surface area contributed by atoms with E-state index in [1.165, 1.54) is 0 Å². The van der Waals surface area contributed by atoms with Crippen LogP contribution in [0.5, 0.6) is 0 Å².